The van der Waals surface area contributed by atoms with Crippen molar-refractivity contribution in [1.29, 1.82) is 0 Å². The van der Waals surface area contributed by atoms with Crippen molar-refractivity contribution in [1.82, 2.24) is 10.2 Å². The summed E-state index contributed by atoms with van der Waals surface area (Å²) in [7, 11) is 0. The molecule has 2 aromatic rings. The molecule has 0 saturated carbocycles. The number of benzene rings is 1. The molecule has 1 heterocycles. The first-order valence-electron chi connectivity index (χ1n) is 5.30. The number of nitrogens with zero attached hydrogens (tertiary/aromatic N) is 1. The van der Waals surface area contributed by atoms with Gasteiger partial charge in [-0.3, -0.25) is 5.10 Å². The van der Waals surface area contributed by atoms with E-state index in [1.807, 2.05) is 6.07 Å². The van der Waals surface area contributed by atoms with Crippen LogP contribution in [0.5, 0.6) is 0 Å². The van der Waals surface area contributed by atoms with Crippen LogP contribution in [0.25, 0.3) is 10.9 Å². The number of hydrogen-bond donors (Lipinski definition) is 2. The molecule has 0 radical (unpaired) electrons. The molecule has 3 N–H and O–H groups in total. The second-order valence-electron chi connectivity index (χ2n) is 4.43. The topological polar surface area (TPSA) is 54.7 Å². The molecule has 0 fully saturated rings. The second kappa shape index (κ2) is 3.66. The van der Waals surface area contributed by atoms with Gasteiger partial charge in [-0.05, 0) is 25.0 Å². The van der Waals surface area contributed by atoms with Gasteiger partial charge in [0.15, 0.2) is 0 Å². The number of aryl methyl sites for hydroxylation is 1. The molecule has 0 aliphatic rings. The number of H-pyrrole nitrogens is 1. The number of aromatic amines is 1. The lowest BCUT2D eigenvalue weighted by Crippen LogP contribution is -2.17. The van der Waals surface area contributed by atoms with E-state index in [-0.39, 0.29) is 6.04 Å². The number of fused-ring (bicyclic) bond motifs is 1. The summed E-state index contributed by atoms with van der Waals surface area (Å²) < 4.78 is 0. The molecular formula is C12H17N3. The number of nitrogens with one attached hydrogen (secondary N) is 1. The van der Waals surface area contributed by atoms with Gasteiger partial charge in [-0.1, -0.05) is 25.5 Å². The molecule has 0 aliphatic heterocycles. The van der Waals surface area contributed by atoms with E-state index in [0.717, 1.165) is 16.6 Å². The predicted molar refractivity (Wildman–Crippen MR) is 62.6 cm³/mol. The highest BCUT2D eigenvalue weighted by Crippen LogP contribution is 2.25. The smallest absolute Gasteiger partial charge is 0.0924 e. The highest BCUT2D eigenvalue weighted by atomic mass is 15.1. The Morgan fingerprint density at radius 2 is 2.07 bits per heavy atom. The molecule has 3 nitrogen and oxygen atoms in total. The van der Waals surface area contributed by atoms with E-state index in [9.17, 15) is 0 Å². The van der Waals surface area contributed by atoms with Crippen LogP contribution in [-0.2, 0) is 0 Å². The van der Waals surface area contributed by atoms with Crippen molar-refractivity contribution < 1.29 is 0 Å². The Hall–Kier alpha value is -1.35. The second-order valence-corrected chi connectivity index (χ2v) is 4.43. The first-order valence-corrected chi connectivity index (χ1v) is 5.30. The van der Waals surface area contributed by atoms with Crippen LogP contribution >= 0.6 is 0 Å². The summed E-state index contributed by atoms with van der Waals surface area (Å²) >= 11 is 0. The Bertz CT molecular complexity index is 471. The van der Waals surface area contributed by atoms with Gasteiger partial charge >= 0.3 is 0 Å². The predicted octanol–water partition coefficient (Wildman–Crippen LogP) is 2.53. The molecule has 1 unspecified atom stereocenters. The standard InChI is InChI=1S/C12H17N3/c1-7(2)11(13)12-9-6-8(3)4-5-10(9)14-15-12/h4-7,11H,13H2,1-3H3,(H,14,15). The van der Waals surface area contributed by atoms with Crippen molar-refractivity contribution >= 4 is 10.9 Å². The summed E-state index contributed by atoms with van der Waals surface area (Å²) in [6.07, 6.45) is 0. The van der Waals surface area contributed by atoms with Gasteiger partial charge in [0.25, 0.3) is 0 Å². The van der Waals surface area contributed by atoms with Gasteiger partial charge in [0.1, 0.15) is 0 Å². The maximum atomic E-state index is 6.13. The van der Waals surface area contributed by atoms with Gasteiger partial charge in [-0.25, -0.2) is 0 Å². The lowest BCUT2D eigenvalue weighted by atomic mass is 9.99. The van der Waals surface area contributed by atoms with Crippen molar-refractivity contribution in [2.75, 3.05) is 0 Å². The Morgan fingerprint density at radius 1 is 1.33 bits per heavy atom. The largest absolute Gasteiger partial charge is 0.322 e. The third-order valence-corrected chi connectivity index (χ3v) is 2.79. The monoisotopic (exact) mass is 203 g/mol. The van der Waals surface area contributed by atoms with Crippen molar-refractivity contribution in [3.63, 3.8) is 0 Å². The van der Waals surface area contributed by atoms with E-state index in [1.54, 1.807) is 0 Å². The lowest BCUT2D eigenvalue weighted by Gasteiger charge is -2.13. The molecule has 80 valence electrons. The fourth-order valence-electron chi connectivity index (χ4n) is 1.73. The van der Waals surface area contributed by atoms with Gasteiger partial charge in [0, 0.05) is 11.4 Å². The van der Waals surface area contributed by atoms with Gasteiger partial charge in [0.2, 0.25) is 0 Å². The summed E-state index contributed by atoms with van der Waals surface area (Å²) in [6.45, 7) is 6.32. The van der Waals surface area contributed by atoms with Crippen LogP contribution in [-0.4, -0.2) is 10.2 Å². The fraction of sp³-hybridized carbons (Fsp3) is 0.417. The molecule has 0 aliphatic carbocycles. The third-order valence-electron chi connectivity index (χ3n) is 2.79. The minimum absolute atomic E-state index is 0.0248. The molecule has 1 aromatic carbocycles. The number of nitrogens with two attached hydrogens (primary N) is 1. The summed E-state index contributed by atoms with van der Waals surface area (Å²) in [6, 6.07) is 6.25. The number of rotatable bonds is 2. The molecular weight excluding hydrogens is 186 g/mol. The molecule has 1 atom stereocenters. The summed E-state index contributed by atoms with van der Waals surface area (Å²) in [5.41, 5.74) is 9.40. The minimum atomic E-state index is 0.0248. The molecule has 0 amide bonds. The molecule has 0 bridgehead atoms. The van der Waals surface area contributed by atoms with Crippen LogP contribution in [0.4, 0.5) is 0 Å². The van der Waals surface area contributed by atoms with Crippen molar-refractivity contribution in [3.05, 3.63) is 29.5 Å². The fourth-order valence-corrected chi connectivity index (χ4v) is 1.73. The summed E-state index contributed by atoms with van der Waals surface area (Å²) in [4.78, 5) is 0. The third kappa shape index (κ3) is 1.75. The van der Waals surface area contributed by atoms with Crippen LogP contribution in [0.1, 0.15) is 31.1 Å². The van der Waals surface area contributed by atoms with Gasteiger partial charge in [-0.15, -0.1) is 0 Å². The maximum Gasteiger partial charge on any atom is 0.0924 e. The van der Waals surface area contributed by atoms with E-state index in [4.69, 9.17) is 5.73 Å². The van der Waals surface area contributed by atoms with Crippen LogP contribution in [0, 0.1) is 12.8 Å². The molecule has 0 saturated heterocycles. The quantitative estimate of drug-likeness (QED) is 0.788. The minimum Gasteiger partial charge on any atom is -0.322 e. The molecule has 15 heavy (non-hydrogen) atoms. The lowest BCUT2D eigenvalue weighted by molar-refractivity contribution is 0.505. The number of hydrogen-bond acceptors (Lipinski definition) is 2. The zero-order valence-electron chi connectivity index (χ0n) is 9.41. The normalized spacial score (nSPS) is 13.7. The average Bonchev–Trinajstić information content (AvgIpc) is 2.59. The molecule has 0 spiro atoms. The Labute approximate surface area is 89.7 Å². The number of aromatic nitrogens is 2. The highest BCUT2D eigenvalue weighted by molar-refractivity contribution is 5.82. The zero-order valence-corrected chi connectivity index (χ0v) is 9.41. The first-order chi connectivity index (χ1) is 7.09. The van der Waals surface area contributed by atoms with Crippen molar-refractivity contribution in [2.24, 2.45) is 11.7 Å². The summed E-state index contributed by atoms with van der Waals surface area (Å²) in [5.74, 6) is 0.411. The van der Waals surface area contributed by atoms with E-state index >= 15 is 0 Å². The molecule has 2 rings (SSSR count). The Morgan fingerprint density at radius 3 is 2.73 bits per heavy atom. The van der Waals surface area contributed by atoms with Crippen LogP contribution in [0.15, 0.2) is 18.2 Å². The average molecular weight is 203 g/mol. The van der Waals surface area contributed by atoms with E-state index in [2.05, 4.69) is 43.1 Å². The zero-order chi connectivity index (χ0) is 11.0. The maximum absolute atomic E-state index is 6.13. The Kier molecular flexibility index (Phi) is 2.49. The first kappa shape index (κ1) is 10.2. The van der Waals surface area contributed by atoms with Gasteiger partial charge < -0.3 is 5.73 Å². The van der Waals surface area contributed by atoms with Crippen molar-refractivity contribution in [3.8, 4) is 0 Å². The summed E-state index contributed by atoms with van der Waals surface area (Å²) in [5, 5.41) is 8.45. The van der Waals surface area contributed by atoms with Crippen LogP contribution in [0.3, 0.4) is 0 Å². The highest BCUT2D eigenvalue weighted by Gasteiger charge is 2.15. The SMILES string of the molecule is Cc1ccc2n[nH]c(C(N)C(C)C)c2c1. The van der Waals surface area contributed by atoms with E-state index in [1.165, 1.54) is 5.56 Å². The van der Waals surface area contributed by atoms with Crippen molar-refractivity contribution in [2.45, 2.75) is 26.8 Å². The molecule has 1 aromatic heterocycles. The Balaban J connectivity index is 2.56. The van der Waals surface area contributed by atoms with Crippen LogP contribution in [0.2, 0.25) is 0 Å². The van der Waals surface area contributed by atoms with Gasteiger partial charge in [0.05, 0.1) is 11.2 Å². The molecule has 3 heteroatoms. The van der Waals surface area contributed by atoms with Crippen LogP contribution < -0.4 is 5.73 Å². The van der Waals surface area contributed by atoms with E-state index < -0.39 is 0 Å². The van der Waals surface area contributed by atoms with Gasteiger partial charge in [-0.2, -0.15) is 5.10 Å². The van der Waals surface area contributed by atoms with E-state index in [0.29, 0.717) is 5.92 Å².